The number of nitrogens with one attached hydrogen (secondary N) is 1. The van der Waals surface area contributed by atoms with Crippen LogP contribution in [0.5, 0.6) is 5.88 Å². The topological polar surface area (TPSA) is 89.3 Å². The van der Waals surface area contributed by atoms with E-state index in [1.54, 1.807) is 23.9 Å². The first-order valence-electron chi connectivity index (χ1n) is 10.9. The summed E-state index contributed by atoms with van der Waals surface area (Å²) >= 11 is 5.97. The number of aromatic nitrogens is 3. The molecule has 0 saturated heterocycles. The van der Waals surface area contributed by atoms with Gasteiger partial charge in [0.15, 0.2) is 0 Å². The average molecular weight is 473 g/mol. The molecule has 4 rings (SSSR count). The lowest BCUT2D eigenvalue weighted by Crippen LogP contribution is -2.14. The van der Waals surface area contributed by atoms with Gasteiger partial charge in [-0.15, -0.1) is 0 Å². The molecule has 1 unspecified atom stereocenters. The van der Waals surface area contributed by atoms with Gasteiger partial charge in [0.2, 0.25) is 5.88 Å². The van der Waals surface area contributed by atoms with Gasteiger partial charge in [-0.2, -0.15) is 5.10 Å². The molecule has 2 aromatic heterocycles. The van der Waals surface area contributed by atoms with Crippen molar-refractivity contribution in [2.75, 3.05) is 18.5 Å². The number of nitrogens with zero attached hydrogens (tertiary/aromatic N) is 3. The lowest BCUT2D eigenvalue weighted by molar-refractivity contribution is -0.137. The van der Waals surface area contributed by atoms with Crippen molar-refractivity contribution in [3.8, 4) is 5.88 Å². The molecule has 3 aromatic rings. The van der Waals surface area contributed by atoms with Crippen molar-refractivity contribution < 1.29 is 19.0 Å². The number of carbonyl (C=O) groups is 1. The molecule has 0 saturated carbocycles. The zero-order valence-corrected chi connectivity index (χ0v) is 19.1. The van der Waals surface area contributed by atoms with Gasteiger partial charge in [0.25, 0.3) is 0 Å². The number of aliphatic carboxylic acids is 1. The molecular weight excluding hydrogens is 447 g/mol. The number of fused-ring (bicyclic) bond motifs is 1. The number of ether oxygens (including phenoxy) is 1. The maximum absolute atomic E-state index is 13.8. The number of carboxylic acids is 1. The van der Waals surface area contributed by atoms with E-state index in [2.05, 4.69) is 21.5 Å². The smallest absolute Gasteiger partial charge is 0.303 e. The maximum Gasteiger partial charge on any atom is 0.303 e. The van der Waals surface area contributed by atoms with E-state index in [4.69, 9.17) is 16.3 Å². The van der Waals surface area contributed by atoms with Gasteiger partial charge < -0.3 is 15.2 Å². The third-order valence-electron chi connectivity index (χ3n) is 5.68. The minimum absolute atomic E-state index is 0.162. The van der Waals surface area contributed by atoms with Crippen LogP contribution in [0.15, 0.2) is 36.4 Å². The molecule has 9 heteroatoms. The van der Waals surface area contributed by atoms with Crippen LogP contribution >= 0.6 is 11.6 Å². The molecule has 3 heterocycles. The van der Waals surface area contributed by atoms with Gasteiger partial charge in [0, 0.05) is 42.7 Å². The van der Waals surface area contributed by atoms with Crippen molar-refractivity contribution >= 4 is 23.4 Å². The van der Waals surface area contributed by atoms with Crippen LogP contribution in [0.2, 0.25) is 5.02 Å². The lowest BCUT2D eigenvalue weighted by Gasteiger charge is -2.17. The van der Waals surface area contributed by atoms with Crippen LogP contribution in [0, 0.1) is 5.82 Å². The van der Waals surface area contributed by atoms with Crippen molar-refractivity contribution in [2.24, 2.45) is 7.05 Å². The fourth-order valence-electron chi connectivity index (χ4n) is 4.09. The Morgan fingerprint density at radius 3 is 2.94 bits per heavy atom. The molecule has 33 heavy (non-hydrogen) atoms. The SMILES string of the molecule is Cn1nc(CC(CC(=O)O)c2cc(F)cc(Cl)c2)cc1OCCc1ccc2c(n1)NCCC2. The first-order valence-corrected chi connectivity index (χ1v) is 11.3. The van der Waals surface area contributed by atoms with Gasteiger partial charge in [-0.1, -0.05) is 17.7 Å². The molecule has 0 radical (unpaired) electrons. The van der Waals surface area contributed by atoms with Gasteiger partial charge in [0.05, 0.1) is 18.7 Å². The number of pyridine rings is 1. The van der Waals surface area contributed by atoms with E-state index in [-0.39, 0.29) is 11.4 Å². The summed E-state index contributed by atoms with van der Waals surface area (Å²) in [7, 11) is 1.77. The highest BCUT2D eigenvalue weighted by molar-refractivity contribution is 6.30. The Morgan fingerprint density at radius 1 is 1.30 bits per heavy atom. The number of halogens is 2. The summed E-state index contributed by atoms with van der Waals surface area (Å²) in [6, 6.07) is 10.1. The van der Waals surface area contributed by atoms with Crippen LogP contribution < -0.4 is 10.1 Å². The number of rotatable bonds is 9. The Kier molecular flexibility index (Phi) is 7.13. The number of carboxylic acid groups (broad SMARTS) is 1. The number of anilines is 1. The van der Waals surface area contributed by atoms with Crippen LogP contribution in [0.25, 0.3) is 0 Å². The third kappa shape index (κ3) is 6.01. The van der Waals surface area contributed by atoms with Crippen LogP contribution in [0.1, 0.15) is 41.3 Å². The van der Waals surface area contributed by atoms with E-state index in [0.29, 0.717) is 36.6 Å². The van der Waals surface area contributed by atoms with E-state index in [1.807, 2.05) is 6.07 Å². The molecule has 0 fully saturated rings. The second-order valence-corrected chi connectivity index (χ2v) is 8.67. The fourth-order valence-corrected chi connectivity index (χ4v) is 4.32. The van der Waals surface area contributed by atoms with Crippen molar-refractivity contribution in [3.05, 3.63) is 69.8 Å². The molecule has 7 nitrogen and oxygen atoms in total. The third-order valence-corrected chi connectivity index (χ3v) is 5.90. The fraction of sp³-hybridized carbons (Fsp3) is 0.375. The summed E-state index contributed by atoms with van der Waals surface area (Å²) < 4.78 is 21.4. The van der Waals surface area contributed by atoms with Crippen LogP contribution in [-0.4, -0.2) is 39.0 Å². The van der Waals surface area contributed by atoms with E-state index in [9.17, 15) is 14.3 Å². The van der Waals surface area contributed by atoms with Crippen molar-refractivity contribution in [3.63, 3.8) is 0 Å². The highest BCUT2D eigenvalue weighted by Crippen LogP contribution is 2.28. The summed E-state index contributed by atoms with van der Waals surface area (Å²) in [5.74, 6) is -0.398. The molecule has 174 valence electrons. The Labute approximate surface area is 196 Å². The first kappa shape index (κ1) is 23.0. The molecule has 1 atom stereocenters. The van der Waals surface area contributed by atoms with Crippen LogP contribution in [-0.2, 0) is 31.1 Å². The number of aryl methyl sites for hydroxylation is 2. The van der Waals surface area contributed by atoms with Gasteiger partial charge in [0.1, 0.15) is 11.6 Å². The second-order valence-electron chi connectivity index (χ2n) is 8.24. The predicted octanol–water partition coefficient (Wildman–Crippen LogP) is 4.39. The summed E-state index contributed by atoms with van der Waals surface area (Å²) in [6.45, 7) is 1.38. The Morgan fingerprint density at radius 2 is 2.15 bits per heavy atom. The van der Waals surface area contributed by atoms with Crippen LogP contribution in [0.4, 0.5) is 10.2 Å². The van der Waals surface area contributed by atoms with Gasteiger partial charge in [-0.25, -0.2) is 14.1 Å². The molecule has 1 aliphatic heterocycles. The Balaban J connectivity index is 1.40. The highest BCUT2D eigenvalue weighted by atomic mass is 35.5. The Bertz CT molecular complexity index is 1130. The van der Waals surface area contributed by atoms with E-state index < -0.39 is 17.7 Å². The molecule has 1 aliphatic rings. The van der Waals surface area contributed by atoms with Gasteiger partial charge in [-0.3, -0.25) is 4.79 Å². The highest BCUT2D eigenvalue weighted by Gasteiger charge is 2.20. The molecule has 0 bridgehead atoms. The zero-order chi connectivity index (χ0) is 23.4. The van der Waals surface area contributed by atoms with Crippen LogP contribution in [0.3, 0.4) is 0 Å². The maximum atomic E-state index is 13.8. The quantitative estimate of drug-likeness (QED) is 0.480. The molecular formula is C24H26ClFN4O3. The average Bonchev–Trinajstić information content (AvgIpc) is 3.11. The van der Waals surface area contributed by atoms with E-state index >= 15 is 0 Å². The minimum Gasteiger partial charge on any atom is -0.481 e. The van der Waals surface area contributed by atoms with Crippen molar-refractivity contribution in [1.29, 1.82) is 0 Å². The normalized spacial score (nSPS) is 13.8. The van der Waals surface area contributed by atoms with E-state index in [1.165, 1.54) is 17.7 Å². The zero-order valence-electron chi connectivity index (χ0n) is 18.4. The van der Waals surface area contributed by atoms with E-state index in [0.717, 1.165) is 30.9 Å². The summed E-state index contributed by atoms with van der Waals surface area (Å²) in [5, 5.41) is 17.4. The summed E-state index contributed by atoms with van der Waals surface area (Å²) in [4.78, 5) is 16.1. The number of hydrogen-bond donors (Lipinski definition) is 2. The monoisotopic (exact) mass is 472 g/mol. The Hall–Kier alpha value is -3.13. The number of benzene rings is 1. The minimum atomic E-state index is -0.972. The lowest BCUT2D eigenvalue weighted by atomic mass is 9.91. The van der Waals surface area contributed by atoms with Gasteiger partial charge >= 0.3 is 5.97 Å². The predicted molar refractivity (Wildman–Crippen MR) is 124 cm³/mol. The summed E-state index contributed by atoms with van der Waals surface area (Å²) in [6.07, 6.45) is 2.99. The standard InChI is InChI=1S/C24H26ClFN4O3/c1-30-22(33-8-6-20-5-4-15-3-2-7-27-24(15)28-20)14-21(29-30)11-17(12-23(31)32)16-9-18(25)13-19(26)10-16/h4-5,9-10,13-14,17H,2-3,6-8,11-12H2,1H3,(H,27,28)(H,31,32). The molecule has 0 spiro atoms. The van der Waals surface area contributed by atoms with Gasteiger partial charge in [-0.05, 0) is 54.7 Å². The molecule has 0 amide bonds. The second kappa shape index (κ2) is 10.2. The number of hydrogen-bond acceptors (Lipinski definition) is 5. The summed E-state index contributed by atoms with van der Waals surface area (Å²) in [5.41, 5.74) is 3.39. The molecule has 1 aromatic carbocycles. The molecule has 2 N–H and O–H groups in total. The van der Waals surface area contributed by atoms with Crippen molar-refractivity contribution in [2.45, 2.75) is 38.0 Å². The molecule has 0 aliphatic carbocycles. The largest absolute Gasteiger partial charge is 0.481 e. The first-order chi connectivity index (χ1) is 15.9. The van der Waals surface area contributed by atoms with Crippen molar-refractivity contribution in [1.82, 2.24) is 14.8 Å².